The first-order valence-corrected chi connectivity index (χ1v) is 9.24. The Morgan fingerprint density at radius 2 is 2.00 bits per heavy atom. The van der Waals surface area contributed by atoms with Crippen molar-refractivity contribution in [1.82, 2.24) is 4.98 Å². The number of benzene rings is 2. The first-order valence-electron chi connectivity index (χ1n) is 7.54. The van der Waals surface area contributed by atoms with E-state index < -0.39 is 11.4 Å². The van der Waals surface area contributed by atoms with E-state index in [-0.39, 0.29) is 0 Å². The van der Waals surface area contributed by atoms with E-state index in [1.165, 1.54) is 23.1 Å². The smallest absolute Gasteiger partial charge is 0.152 e. The summed E-state index contributed by atoms with van der Waals surface area (Å²) >= 11 is 2.81. The number of aromatic nitrogens is 1. The van der Waals surface area contributed by atoms with Crippen LogP contribution in [-0.4, -0.2) is 21.9 Å². The number of nitrogens with zero attached hydrogens (tertiary/aromatic N) is 2. The minimum absolute atomic E-state index is 0.506. The van der Waals surface area contributed by atoms with Gasteiger partial charge in [0.05, 0.1) is 22.9 Å². The van der Waals surface area contributed by atoms with Gasteiger partial charge in [-0.25, -0.2) is 4.98 Å². The molecule has 24 heavy (non-hydrogen) atoms. The van der Waals surface area contributed by atoms with Crippen molar-refractivity contribution in [3.8, 4) is 11.8 Å². The standard InChI is InChI=1S/C18H16N2O2S2/c1-2-22-14-9-5-3-7-12(14)17(21)16(11-19)24-18-20-13-8-4-6-10-15(13)23-18/h3-10,16-17,21H,2H2,1H3. The monoisotopic (exact) mass is 356 g/mol. The number of hydrogen-bond donors (Lipinski definition) is 1. The highest BCUT2D eigenvalue weighted by molar-refractivity contribution is 8.02. The number of thiazole rings is 1. The lowest BCUT2D eigenvalue weighted by atomic mass is 10.1. The SMILES string of the molecule is CCOc1ccccc1C(O)C(C#N)Sc1nc2ccccc2s1. The molecule has 3 aromatic rings. The van der Waals surface area contributed by atoms with Gasteiger partial charge in [0.25, 0.3) is 0 Å². The van der Waals surface area contributed by atoms with E-state index in [1.54, 1.807) is 12.1 Å². The van der Waals surface area contributed by atoms with Gasteiger partial charge in [-0.15, -0.1) is 11.3 Å². The molecule has 0 bridgehead atoms. The average Bonchev–Trinajstić information content (AvgIpc) is 3.02. The molecule has 0 aliphatic heterocycles. The summed E-state index contributed by atoms with van der Waals surface area (Å²) in [4.78, 5) is 4.52. The van der Waals surface area contributed by atoms with Crippen molar-refractivity contribution in [2.75, 3.05) is 6.61 Å². The van der Waals surface area contributed by atoms with Crippen LogP contribution >= 0.6 is 23.1 Å². The lowest BCUT2D eigenvalue weighted by molar-refractivity contribution is 0.182. The fraction of sp³-hybridized carbons (Fsp3) is 0.222. The fourth-order valence-electron chi connectivity index (χ4n) is 2.35. The van der Waals surface area contributed by atoms with Crippen LogP contribution in [0.5, 0.6) is 5.75 Å². The Bertz CT molecular complexity index is 840. The number of aliphatic hydroxyl groups excluding tert-OH is 1. The van der Waals surface area contributed by atoms with Gasteiger partial charge in [0.1, 0.15) is 17.1 Å². The molecular weight excluding hydrogens is 340 g/mol. The van der Waals surface area contributed by atoms with E-state index in [4.69, 9.17) is 4.74 Å². The van der Waals surface area contributed by atoms with Gasteiger partial charge < -0.3 is 9.84 Å². The summed E-state index contributed by atoms with van der Waals surface area (Å²) in [6, 6.07) is 17.3. The zero-order chi connectivity index (χ0) is 16.9. The fourth-order valence-corrected chi connectivity index (χ4v) is 4.51. The quantitative estimate of drug-likeness (QED) is 0.663. The van der Waals surface area contributed by atoms with Crippen LogP contribution in [0.25, 0.3) is 10.2 Å². The molecule has 0 saturated carbocycles. The van der Waals surface area contributed by atoms with Gasteiger partial charge in [0, 0.05) is 5.56 Å². The maximum absolute atomic E-state index is 10.7. The first-order chi connectivity index (χ1) is 11.7. The second-order valence-electron chi connectivity index (χ2n) is 5.03. The Kier molecular flexibility index (Phi) is 5.36. The van der Waals surface area contributed by atoms with Crippen LogP contribution in [0, 0.1) is 11.3 Å². The Balaban J connectivity index is 1.84. The third-order valence-electron chi connectivity index (χ3n) is 3.45. The summed E-state index contributed by atoms with van der Waals surface area (Å²) in [5, 5.41) is 19.5. The van der Waals surface area contributed by atoms with Crippen molar-refractivity contribution in [3.05, 3.63) is 54.1 Å². The van der Waals surface area contributed by atoms with Crippen molar-refractivity contribution in [2.45, 2.75) is 22.6 Å². The molecule has 0 amide bonds. The number of rotatable bonds is 6. The van der Waals surface area contributed by atoms with Gasteiger partial charge in [-0.3, -0.25) is 0 Å². The zero-order valence-electron chi connectivity index (χ0n) is 13.0. The van der Waals surface area contributed by atoms with Crippen molar-refractivity contribution >= 4 is 33.3 Å². The van der Waals surface area contributed by atoms with Gasteiger partial charge in [-0.2, -0.15) is 5.26 Å². The number of nitriles is 1. The summed E-state index contributed by atoms with van der Waals surface area (Å²) < 4.78 is 7.40. The maximum atomic E-state index is 10.7. The Hall–Kier alpha value is -2.07. The van der Waals surface area contributed by atoms with E-state index in [2.05, 4.69) is 11.1 Å². The molecule has 0 aliphatic rings. The summed E-state index contributed by atoms with van der Waals surface area (Å²) in [7, 11) is 0. The molecule has 0 fully saturated rings. The lowest BCUT2D eigenvalue weighted by Crippen LogP contribution is -2.14. The number of para-hydroxylation sites is 2. The van der Waals surface area contributed by atoms with E-state index in [1.807, 2.05) is 43.3 Å². The number of hydrogen-bond acceptors (Lipinski definition) is 6. The molecule has 2 atom stereocenters. The molecule has 1 N–H and O–H groups in total. The van der Waals surface area contributed by atoms with Crippen LogP contribution in [-0.2, 0) is 0 Å². The van der Waals surface area contributed by atoms with E-state index >= 15 is 0 Å². The molecule has 2 aromatic carbocycles. The molecule has 0 radical (unpaired) electrons. The normalized spacial score (nSPS) is 13.4. The second kappa shape index (κ2) is 7.67. The largest absolute Gasteiger partial charge is 0.493 e. The van der Waals surface area contributed by atoms with Crippen molar-refractivity contribution < 1.29 is 9.84 Å². The number of thioether (sulfide) groups is 1. The van der Waals surface area contributed by atoms with Crippen LogP contribution in [0.1, 0.15) is 18.6 Å². The number of fused-ring (bicyclic) bond motifs is 1. The topological polar surface area (TPSA) is 66.1 Å². The molecule has 0 aliphatic carbocycles. The maximum Gasteiger partial charge on any atom is 0.152 e. The van der Waals surface area contributed by atoms with E-state index in [9.17, 15) is 10.4 Å². The predicted molar refractivity (Wildman–Crippen MR) is 97.4 cm³/mol. The minimum atomic E-state index is -0.949. The van der Waals surface area contributed by atoms with Gasteiger partial charge in [0.2, 0.25) is 0 Å². The molecule has 1 aromatic heterocycles. The summed E-state index contributed by atoms with van der Waals surface area (Å²) in [6.07, 6.45) is -0.949. The molecule has 1 heterocycles. The Labute approximate surface area is 148 Å². The third-order valence-corrected chi connectivity index (χ3v) is 5.73. The summed E-state index contributed by atoms with van der Waals surface area (Å²) in [5.74, 6) is 0.609. The second-order valence-corrected chi connectivity index (χ2v) is 7.45. The van der Waals surface area contributed by atoms with Gasteiger partial charge in [-0.05, 0) is 25.1 Å². The molecule has 6 heteroatoms. The van der Waals surface area contributed by atoms with Crippen molar-refractivity contribution in [3.63, 3.8) is 0 Å². The molecule has 122 valence electrons. The molecule has 4 nitrogen and oxygen atoms in total. The highest BCUT2D eigenvalue weighted by Crippen LogP contribution is 2.38. The Morgan fingerprint density at radius 1 is 1.25 bits per heavy atom. The summed E-state index contributed by atoms with van der Waals surface area (Å²) in [6.45, 7) is 2.40. The predicted octanol–water partition coefficient (Wildman–Crippen LogP) is 4.41. The molecule has 0 spiro atoms. The zero-order valence-corrected chi connectivity index (χ0v) is 14.7. The van der Waals surface area contributed by atoms with Gasteiger partial charge in [0.15, 0.2) is 4.34 Å². The van der Waals surface area contributed by atoms with Crippen LogP contribution < -0.4 is 4.74 Å². The highest BCUT2D eigenvalue weighted by atomic mass is 32.2. The van der Waals surface area contributed by atoms with Crippen molar-refractivity contribution in [1.29, 1.82) is 5.26 Å². The van der Waals surface area contributed by atoms with Crippen LogP contribution in [0.4, 0.5) is 0 Å². The average molecular weight is 356 g/mol. The van der Waals surface area contributed by atoms with Gasteiger partial charge >= 0.3 is 0 Å². The van der Waals surface area contributed by atoms with E-state index in [0.717, 1.165) is 14.6 Å². The molecule has 2 unspecified atom stereocenters. The molecule has 3 rings (SSSR count). The number of aliphatic hydroxyl groups is 1. The third kappa shape index (κ3) is 3.54. The first kappa shape index (κ1) is 16.8. The minimum Gasteiger partial charge on any atom is -0.493 e. The molecular formula is C18H16N2O2S2. The van der Waals surface area contributed by atoms with Gasteiger partial charge in [-0.1, -0.05) is 42.1 Å². The van der Waals surface area contributed by atoms with Crippen LogP contribution in [0.3, 0.4) is 0 Å². The van der Waals surface area contributed by atoms with Crippen molar-refractivity contribution in [2.24, 2.45) is 0 Å². The highest BCUT2D eigenvalue weighted by Gasteiger charge is 2.26. The van der Waals surface area contributed by atoms with Crippen LogP contribution in [0.2, 0.25) is 0 Å². The lowest BCUT2D eigenvalue weighted by Gasteiger charge is -2.18. The Morgan fingerprint density at radius 3 is 2.75 bits per heavy atom. The number of ether oxygens (including phenoxy) is 1. The van der Waals surface area contributed by atoms with E-state index in [0.29, 0.717) is 17.9 Å². The molecule has 0 saturated heterocycles. The van der Waals surface area contributed by atoms with Crippen LogP contribution in [0.15, 0.2) is 52.9 Å². The summed E-state index contributed by atoms with van der Waals surface area (Å²) in [5.41, 5.74) is 1.53.